The van der Waals surface area contributed by atoms with E-state index in [-0.39, 0.29) is 18.1 Å². The summed E-state index contributed by atoms with van der Waals surface area (Å²) < 4.78 is 10.4. The molecule has 0 aliphatic carbocycles. The third-order valence-electron chi connectivity index (χ3n) is 3.19. The minimum Gasteiger partial charge on any atom is -0.463 e. The van der Waals surface area contributed by atoms with Crippen LogP contribution in [0.4, 0.5) is 0 Å². The summed E-state index contributed by atoms with van der Waals surface area (Å²) >= 11 is 0. The minimum atomic E-state index is -0.369. The Balaban J connectivity index is 3.37. The molecule has 128 valence electrons. The van der Waals surface area contributed by atoms with E-state index in [1.54, 1.807) is 0 Å². The van der Waals surface area contributed by atoms with Gasteiger partial charge in [-0.25, -0.2) is 4.79 Å². The summed E-state index contributed by atoms with van der Waals surface area (Å²) in [4.78, 5) is 22.4. The first-order valence-corrected chi connectivity index (χ1v) is 8.30. The Hall–Kier alpha value is -1.36. The Morgan fingerprint density at radius 1 is 1.09 bits per heavy atom. The molecule has 0 saturated heterocycles. The topological polar surface area (TPSA) is 64.6 Å². The van der Waals surface area contributed by atoms with E-state index >= 15 is 0 Å². The van der Waals surface area contributed by atoms with Gasteiger partial charge in [0.1, 0.15) is 6.23 Å². The molecule has 0 rings (SSSR count). The van der Waals surface area contributed by atoms with Crippen LogP contribution >= 0.6 is 0 Å². The van der Waals surface area contributed by atoms with E-state index in [1.807, 2.05) is 6.92 Å². The van der Waals surface area contributed by atoms with Gasteiger partial charge < -0.3 is 14.8 Å². The lowest BCUT2D eigenvalue weighted by Crippen LogP contribution is -2.34. The molecular formula is C17H31NO4. The maximum atomic E-state index is 11.6. The smallest absolute Gasteiger partial charge is 0.330 e. The van der Waals surface area contributed by atoms with Crippen LogP contribution < -0.4 is 5.32 Å². The van der Waals surface area contributed by atoms with Crippen molar-refractivity contribution in [1.82, 2.24) is 5.32 Å². The monoisotopic (exact) mass is 313 g/mol. The molecule has 0 spiro atoms. The number of nitrogens with one attached hydrogen (secondary N) is 1. The van der Waals surface area contributed by atoms with Crippen molar-refractivity contribution in [2.24, 2.45) is 0 Å². The lowest BCUT2D eigenvalue weighted by molar-refractivity contribution is -0.137. The maximum Gasteiger partial charge on any atom is 0.330 e. The van der Waals surface area contributed by atoms with Gasteiger partial charge in [0.25, 0.3) is 0 Å². The molecule has 1 amide bonds. The van der Waals surface area contributed by atoms with Crippen LogP contribution in [-0.4, -0.2) is 31.3 Å². The number of hydrogen-bond donors (Lipinski definition) is 1. The summed E-state index contributed by atoms with van der Waals surface area (Å²) in [6.45, 7) is 8.38. The Morgan fingerprint density at radius 3 is 2.41 bits per heavy atom. The van der Waals surface area contributed by atoms with Crippen molar-refractivity contribution in [3.63, 3.8) is 0 Å². The molecule has 0 bridgehead atoms. The molecule has 5 heteroatoms. The molecule has 1 atom stereocenters. The van der Waals surface area contributed by atoms with Crippen LogP contribution in [0.2, 0.25) is 0 Å². The number of amides is 1. The summed E-state index contributed by atoms with van der Waals surface area (Å²) in [7, 11) is 0. The highest BCUT2D eigenvalue weighted by molar-refractivity contribution is 5.81. The Bertz CT molecular complexity index is 318. The highest BCUT2D eigenvalue weighted by atomic mass is 16.5. The van der Waals surface area contributed by atoms with E-state index in [2.05, 4.69) is 18.8 Å². The molecule has 5 nitrogen and oxygen atoms in total. The van der Waals surface area contributed by atoms with Crippen LogP contribution in [0.5, 0.6) is 0 Å². The van der Waals surface area contributed by atoms with Gasteiger partial charge in [0, 0.05) is 19.1 Å². The Labute approximate surface area is 134 Å². The van der Waals surface area contributed by atoms with Gasteiger partial charge in [0.15, 0.2) is 0 Å². The molecule has 22 heavy (non-hydrogen) atoms. The van der Waals surface area contributed by atoms with Gasteiger partial charge >= 0.3 is 5.97 Å². The fraction of sp³-hybridized carbons (Fsp3) is 0.765. The second-order valence-electron chi connectivity index (χ2n) is 5.32. The minimum absolute atomic E-state index is 0.0602. The molecule has 1 unspecified atom stereocenters. The molecule has 0 radical (unpaired) electrons. The van der Waals surface area contributed by atoms with Crippen LogP contribution in [0.25, 0.3) is 0 Å². The normalized spacial score (nSPS) is 11.7. The zero-order chi connectivity index (χ0) is 16.6. The number of esters is 1. The first-order valence-electron chi connectivity index (χ1n) is 8.30. The highest BCUT2D eigenvalue weighted by Gasteiger charge is 2.06. The molecule has 0 heterocycles. The van der Waals surface area contributed by atoms with Crippen molar-refractivity contribution >= 4 is 11.9 Å². The number of rotatable bonds is 14. The largest absolute Gasteiger partial charge is 0.463 e. The van der Waals surface area contributed by atoms with E-state index < -0.39 is 0 Å². The lowest BCUT2D eigenvalue weighted by atomic mass is 10.2. The molecule has 0 fully saturated rings. The Kier molecular flexibility index (Phi) is 13.7. The van der Waals surface area contributed by atoms with Gasteiger partial charge in [-0.15, -0.1) is 0 Å². The van der Waals surface area contributed by atoms with E-state index in [0.717, 1.165) is 44.9 Å². The summed E-state index contributed by atoms with van der Waals surface area (Å²) in [6, 6.07) is 0. The van der Waals surface area contributed by atoms with Gasteiger partial charge in [-0.05, 0) is 32.6 Å². The quantitative estimate of drug-likeness (QED) is 0.231. The highest BCUT2D eigenvalue weighted by Crippen LogP contribution is 2.03. The zero-order valence-corrected chi connectivity index (χ0v) is 14.1. The van der Waals surface area contributed by atoms with Crippen LogP contribution in [-0.2, 0) is 19.1 Å². The number of ether oxygens (including phenoxy) is 2. The van der Waals surface area contributed by atoms with Gasteiger partial charge in [0.05, 0.1) is 6.61 Å². The second-order valence-corrected chi connectivity index (χ2v) is 5.32. The second kappa shape index (κ2) is 14.6. The molecule has 0 aliphatic heterocycles. The van der Waals surface area contributed by atoms with Crippen LogP contribution in [0.3, 0.4) is 0 Å². The predicted octanol–water partition coefficient (Wildman–Crippen LogP) is 3.34. The fourth-order valence-electron chi connectivity index (χ4n) is 1.93. The van der Waals surface area contributed by atoms with Crippen molar-refractivity contribution < 1.29 is 19.1 Å². The van der Waals surface area contributed by atoms with Gasteiger partial charge in [-0.3, -0.25) is 4.79 Å². The van der Waals surface area contributed by atoms with Crippen molar-refractivity contribution in [3.05, 3.63) is 12.7 Å². The maximum absolute atomic E-state index is 11.6. The summed E-state index contributed by atoms with van der Waals surface area (Å²) in [5, 5.41) is 2.84. The molecule has 0 aromatic rings. The van der Waals surface area contributed by atoms with Crippen molar-refractivity contribution in [2.75, 3.05) is 13.2 Å². The third-order valence-corrected chi connectivity index (χ3v) is 3.19. The van der Waals surface area contributed by atoms with Crippen LogP contribution in [0.1, 0.15) is 65.2 Å². The van der Waals surface area contributed by atoms with Gasteiger partial charge in [-0.1, -0.05) is 32.8 Å². The average Bonchev–Trinajstić information content (AvgIpc) is 2.49. The number of carbonyl (C=O) groups is 2. The standard InChI is InChI=1S/C17H31NO4/c1-4-6-9-12-16(19)18-15(3)21-13-10-7-8-11-14-22-17(20)5-2/h5,15H,2,4,6-14H2,1,3H3,(H,18,19). The Morgan fingerprint density at radius 2 is 1.77 bits per heavy atom. The fourth-order valence-corrected chi connectivity index (χ4v) is 1.93. The SMILES string of the molecule is C=CC(=O)OCCCCCCOC(C)NC(=O)CCCCC. The third kappa shape index (κ3) is 13.6. The van der Waals surface area contributed by atoms with Crippen LogP contribution in [0.15, 0.2) is 12.7 Å². The van der Waals surface area contributed by atoms with Gasteiger partial charge in [0.2, 0.25) is 5.91 Å². The summed E-state index contributed by atoms with van der Waals surface area (Å²) in [5.74, 6) is -0.308. The zero-order valence-electron chi connectivity index (χ0n) is 14.1. The number of carbonyl (C=O) groups excluding carboxylic acids is 2. The first-order chi connectivity index (χ1) is 10.6. The van der Waals surface area contributed by atoms with Crippen molar-refractivity contribution in [3.8, 4) is 0 Å². The molecule has 0 aromatic carbocycles. The van der Waals surface area contributed by atoms with E-state index in [1.165, 1.54) is 6.08 Å². The van der Waals surface area contributed by atoms with Crippen LogP contribution in [0, 0.1) is 0 Å². The summed E-state index contributed by atoms with van der Waals surface area (Å²) in [6.07, 6.45) is 8.45. The molecule has 0 saturated carbocycles. The van der Waals surface area contributed by atoms with Crippen molar-refractivity contribution in [2.45, 2.75) is 71.4 Å². The molecular weight excluding hydrogens is 282 g/mol. The van der Waals surface area contributed by atoms with E-state index in [0.29, 0.717) is 19.6 Å². The summed E-state index contributed by atoms with van der Waals surface area (Å²) in [5.41, 5.74) is 0. The molecule has 1 N–H and O–H groups in total. The molecule has 0 aromatic heterocycles. The van der Waals surface area contributed by atoms with Crippen molar-refractivity contribution in [1.29, 1.82) is 0 Å². The average molecular weight is 313 g/mol. The lowest BCUT2D eigenvalue weighted by Gasteiger charge is -2.14. The van der Waals surface area contributed by atoms with E-state index in [9.17, 15) is 9.59 Å². The first kappa shape index (κ1) is 20.6. The number of hydrogen-bond acceptors (Lipinski definition) is 4. The number of unbranched alkanes of at least 4 members (excludes halogenated alkanes) is 5. The molecule has 0 aliphatic rings. The van der Waals surface area contributed by atoms with E-state index in [4.69, 9.17) is 9.47 Å². The van der Waals surface area contributed by atoms with Gasteiger partial charge in [-0.2, -0.15) is 0 Å². The predicted molar refractivity (Wildman–Crippen MR) is 87.3 cm³/mol.